The Morgan fingerprint density at radius 3 is 1.35 bits per heavy atom. The summed E-state index contributed by atoms with van der Waals surface area (Å²) in [4.78, 5) is 0. The zero-order valence-electron chi connectivity index (χ0n) is 11.7. The molecule has 0 saturated heterocycles. The second kappa shape index (κ2) is 6.18. The standard InChI is InChI=1S/C13H28O2S2/c1-10(14)13(15,8-6-11(2,3)16)9-7-12(4,5)17/h10,14-17H,6-9H2,1-5H3. The lowest BCUT2D eigenvalue weighted by Crippen LogP contribution is -2.42. The minimum absolute atomic E-state index is 0.126. The molecule has 17 heavy (non-hydrogen) atoms. The molecule has 4 heteroatoms. The maximum atomic E-state index is 10.5. The highest BCUT2D eigenvalue weighted by atomic mass is 32.1. The van der Waals surface area contributed by atoms with E-state index in [1.54, 1.807) is 6.92 Å². The zero-order chi connectivity index (χ0) is 13.9. The van der Waals surface area contributed by atoms with E-state index in [-0.39, 0.29) is 9.49 Å². The first-order valence-corrected chi connectivity index (χ1v) is 7.10. The molecule has 0 radical (unpaired) electrons. The Morgan fingerprint density at radius 1 is 0.882 bits per heavy atom. The van der Waals surface area contributed by atoms with Crippen LogP contribution in [0.15, 0.2) is 0 Å². The summed E-state index contributed by atoms with van der Waals surface area (Å²) in [6, 6.07) is 0. The summed E-state index contributed by atoms with van der Waals surface area (Å²) in [5.74, 6) is 0. The van der Waals surface area contributed by atoms with E-state index in [2.05, 4.69) is 25.3 Å². The van der Waals surface area contributed by atoms with Gasteiger partial charge < -0.3 is 10.2 Å². The molecular weight excluding hydrogens is 252 g/mol. The zero-order valence-corrected chi connectivity index (χ0v) is 13.5. The van der Waals surface area contributed by atoms with Gasteiger partial charge in [-0.2, -0.15) is 25.3 Å². The van der Waals surface area contributed by atoms with Crippen molar-refractivity contribution in [2.75, 3.05) is 0 Å². The van der Waals surface area contributed by atoms with E-state index in [0.29, 0.717) is 12.8 Å². The summed E-state index contributed by atoms with van der Waals surface area (Å²) >= 11 is 8.90. The first kappa shape index (κ1) is 17.6. The third kappa shape index (κ3) is 8.36. The molecule has 0 spiro atoms. The fourth-order valence-electron chi connectivity index (χ4n) is 1.59. The van der Waals surface area contributed by atoms with Crippen LogP contribution in [0.4, 0.5) is 0 Å². The number of aliphatic hydroxyl groups excluding tert-OH is 1. The lowest BCUT2D eigenvalue weighted by Gasteiger charge is -2.35. The van der Waals surface area contributed by atoms with E-state index in [9.17, 15) is 10.2 Å². The summed E-state index contributed by atoms with van der Waals surface area (Å²) < 4.78 is -0.251. The van der Waals surface area contributed by atoms with E-state index in [0.717, 1.165) is 12.8 Å². The fraction of sp³-hybridized carbons (Fsp3) is 1.00. The number of rotatable bonds is 7. The van der Waals surface area contributed by atoms with Crippen LogP contribution in [0.2, 0.25) is 0 Å². The van der Waals surface area contributed by atoms with Gasteiger partial charge in [-0.05, 0) is 32.6 Å². The Labute approximate surface area is 117 Å². The molecule has 0 amide bonds. The lowest BCUT2D eigenvalue weighted by atomic mass is 9.83. The normalized spacial score (nSPS) is 16.1. The van der Waals surface area contributed by atoms with Gasteiger partial charge >= 0.3 is 0 Å². The van der Waals surface area contributed by atoms with Gasteiger partial charge in [0.2, 0.25) is 0 Å². The molecule has 0 bridgehead atoms. The van der Waals surface area contributed by atoms with Crippen LogP contribution >= 0.6 is 25.3 Å². The van der Waals surface area contributed by atoms with Gasteiger partial charge in [0.25, 0.3) is 0 Å². The molecule has 1 unspecified atom stereocenters. The SMILES string of the molecule is CC(O)C(O)(CCC(C)(C)S)CCC(C)(C)S. The predicted octanol–water partition coefficient (Wildman–Crippen LogP) is 3.08. The molecule has 0 aromatic carbocycles. The van der Waals surface area contributed by atoms with Crippen molar-refractivity contribution in [1.29, 1.82) is 0 Å². The van der Waals surface area contributed by atoms with Gasteiger partial charge in [-0.25, -0.2) is 0 Å². The highest BCUT2D eigenvalue weighted by Gasteiger charge is 2.35. The second-order valence-electron chi connectivity index (χ2n) is 6.40. The molecule has 0 saturated carbocycles. The van der Waals surface area contributed by atoms with E-state index < -0.39 is 11.7 Å². The quantitative estimate of drug-likeness (QED) is 0.541. The average molecular weight is 280 g/mol. The Balaban J connectivity index is 4.47. The van der Waals surface area contributed by atoms with Crippen molar-refractivity contribution < 1.29 is 10.2 Å². The molecular formula is C13H28O2S2. The molecule has 0 aromatic rings. The molecule has 0 aromatic heterocycles. The predicted molar refractivity (Wildman–Crippen MR) is 81.2 cm³/mol. The van der Waals surface area contributed by atoms with Crippen LogP contribution in [-0.4, -0.2) is 31.4 Å². The minimum atomic E-state index is -1.03. The first-order valence-electron chi connectivity index (χ1n) is 6.21. The van der Waals surface area contributed by atoms with Crippen LogP contribution < -0.4 is 0 Å². The van der Waals surface area contributed by atoms with Crippen molar-refractivity contribution >= 4 is 25.3 Å². The molecule has 2 N–H and O–H groups in total. The largest absolute Gasteiger partial charge is 0.390 e. The van der Waals surface area contributed by atoms with Crippen LogP contribution in [0.3, 0.4) is 0 Å². The van der Waals surface area contributed by atoms with Gasteiger partial charge in [0.1, 0.15) is 0 Å². The number of hydrogen-bond acceptors (Lipinski definition) is 4. The molecule has 104 valence electrons. The van der Waals surface area contributed by atoms with Gasteiger partial charge in [0.05, 0.1) is 11.7 Å². The first-order chi connectivity index (χ1) is 7.36. The lowest BCUT2D eigenvalue weighted by molar-refractivity contribution is -0.0810. The highest BCUT2D eigenvalue weighted by Crippen LogP contribution is 2.32. The second-order valence-corrected chi connectivity index (χ2v) is 8.83. The highest BCUT2D eigenvalue weighted by molar-refractivity contribution is 7.81. The van der Waals surface area contributed by atoms with Crippen molar-refractivity contribution in [3.8, 4) is 0 Å². The minimum Gasteiger partial charge on any atom is -0.390 e. The summed E-state index contributed by atoms with van der Waals surface area (Å²) in [6.07, 6.45) is 1.93. The van der Waals surface area contributed by atoms with Gasteiger partial charge in [-0.3, -0.25) is 0 Å². The summed E-state index contributed by atoms with van der Waals surface area (Å²) in [6.45, 7) is 9.71. The third-order valence-electron chi connectivity index (χ3n) is 3.12. The van der Waals surface area contributed by atoms with Gasteiger partial charge in [0.15, 0.2) is 0 Å². The van der Waals surface area contributed by atoms with Crippen LogP contribution in [0.1, 0.15) is 60.3 Å². The van der Waals surface area contributed by atoms with Gasteiger partial charge in [-0.1, -0.05) is 27.7 Å². The summed E-state index contributed by atoms with van der Waals surface area (Å²) in [7, 11) is 0. The maximum absolute atomic E-state index is 10.5. The number of thiol groups is 2. The number of aliphatic hydroxyl groups is 2. The topological polar surface area (TPSA) is 40.5 Å². The average Bonchev–Trinajstić information content (AvgIpc) is 2.09. The van der Waals surface area contributed by atoms with Crippen LogP contribution in [-0.2, 0) is 0 Å². The van der Waals surface area contributed by atoms with E-state index in [1.807, 2.05) is 27.7 Å². The van der Waals surface area contributed by atoms with Crippen molar-refractivity contribution in [2.45, 2.75) is 81.5 Å². The molecule has 0 heterocycles. The van der Waals surface area contributed by atoms with Crippen LogP contribution in [0, 0.1) is 0 Å². The monoisotopic (exact) mass is 280 g/mol. The van der Waals surface area contributed by atoms with Gasteiger partial charge in [0, 0.05) is 9.49 Å². The summed E-state index contributed by atoms with van der Waals surface area (Å²) in [5.41, 5.74) is -1.03. The Kier molecular flexibility index (Phi) is 6.40. The molecule has 0 fully saturated rings. The van der Waals surface area contributed by atoms with Gasteiger partial charge in [-0.15, -0.1) is 0 Å². The molecule has 0 aliphatic carbocycles. The van der Waals surface area contributed by atoms with Crippen molar-refractivity contribution in [3.05, 3.63) is 0 Å². The molecule has 0 rings (SSSR count). The Bertz CT molecular complexity index is 209. The molecule has 0 aliphatic heterocycles. The molecule has 2 nitrogen and oxygen atoms in total. The Morgan fingerprint density at radius 2 is 1.18 bits per heavy atom. The van der Waals surface area contributed by atoms with E-state index in [4.69, 9.17) is 0 Å². The van der Waals surface area contributed by atoms with Crippen LogP contribution in [0.5, 0.6) is 0 Å². The molecule has 1 atom stereocenters. The van der Waals surface area contributed by atoms with Crippen molar-refractivity contribution in [2.24, 2.45) is 0 Å². The smallest absolute Gasteiger partial charge is 0.0903 e. The Hall–Kier alpha value is 0.620. The number of hydrogen-bond donors (Lipinski definition) is 4. The van der Waals surface area contributed by atoms with Crippen LogP contribution in [0.25, 0.3) is 0 Å². The maximum Gasteiger partial charge on any atom is 0.0903 e. The van der Waals surface area contributed by atoms with Crippen molar-refractivity contribution in [3.63, 3.8) is 0 Å². The molecule has 0 aliphatic rings. The third-order valence-corrected chi connectivity index (χ3v) is 3.56. The fourth-order valence-corrected chi connectivity index (χ4v) is 1.81. The van der Waals surface area contributed by atoms with E-state index in [1.165, 1.54) is 0 Å². The van der Waals surface area contributed by atoms with E-state index >= 15 is 0 Å². The van der Waals surface area contributed by atoms with Crippen molar-refractivity contribution in [1.82, 2.24) is 0 Å². The summed E-state index contributed by atoms with van der Waals surface area (Å²) in [5, 5.41) is 20.3.